The Morgan fingerprint density at radius 1 is 1.62 bits per heavy atom. The molecule has 0 aromatic heterocycles. The molecule has 0 saturated heterocycles. The maximum absolute atomic E-state index is 3.70. The Bertz CT molecular complexity index is 76.6. The van der Waals surface area contributed by atoms with Gasteiger partial charge < -0.3 is 0 Å². The molecule has 2 nitrogen and oxygen atoms in total. The van der Waals surface area contributed by atoms with Gasteiger partial charge in [-0.15, -0.1) is 0 Å². The Morgan fingerprint density at radius 3 is 2.75 bits per heavy atom. The third kappa shape index (κ3) is 1.30. The van der Waals surface area contributed by atoms with Crippen LogP contribution in [0.3, 0.4) is 0 Å². The van der Waals surface area contributed by atoms with Crippen molar-refractivity contribution in [2.45, 2.75) is 25.3 Å². The molecule has 1 saturated carbocycles. The van der Waals surface area contributed by atoms with E-state index in [1.807, 2.05) is 0 Å². The lowest BCUT2D eigenvalue weighted by atomic mass is 9.93. The molecular formula is C6H12N2. The van der Waals surface area contributed by atoms with Gasteiger partial charge in [0.15, 0.2) is 0 Å². The van der Waals surface area contributed by atoms with Gasteiger partial charge in [0.1, 0.15) is 0 Å². The van der Waals surface area contributed by atoms with E-state index in [1.54, 1.807) is 0 Å². The van der Waals surface area contributed by atoms with E-state index in [1.165, 1.54) is 19.3 Å². The highest BCUT2D eigenvalue weighted by Crippen LogP contribution is 2.17. The fourth-order valence-corrected chi connectivity index (χ4v) is 0.806. The summed E-state index contributed by atoms with van der Waals surface area (Å²) in [7, 11) is 0. The van der Waals surface area contributed by atoms with Crippen molar-refractivity contribution in [3.63, 3.8) is 0 Å². The highest BCUT2D eigenvalue weighted by atomic mass is 15.0. The average molecular weight is 112 g/mol. The first kappa shape index (κ1) is 5.76. The largest absolute Gasteiger partial charge is 0.296 e. The normalized spacial score (nSPS) is 20.0. The maximum atomic E-state index is 3.70. The van der Waals surface area contributed by atoms with Gasteiger partial charge in [-0.2, -0.15) is 0 Å². The molecule has 0 radical (unpaired) electrons. The van der Waals surface area contributed by atoms with Gasteiger partial charge in [-0.1, -0.05) is 6.42 Å². The van der Waals surface area contributed by atoms with Crippen LogP contribution in [0.1, 0.15) is 19.3 Å². The molecule has 1 rings (SSSR count). The van der Waals surface area contributed by atoms with E-state index < -0.39 is 0 Å². The average Bonchev–Trinajstić information content (AvgIpc) is 1.63. The van der Waals surface area contributed by atoms with Crippen molar-refractivity contribution in [3.8, 4) is 0 Å². The standard InChI is InChI=1S/C6H12N2/c1-7-5-8-6-3-2-4-6/h6,8H,1-5H2. The molecule has 1 fully saturated rings. The van der Waals surface area contributed by atoms with Crippen LogP contribution in [0.5, 0.6) is 0 Å². The first-order valence-electron chi connectivity index (χ1n) is 3.09. The fourth-order valence-electron chi connectivity index (χ4n) is 0.806. The number of aliphatic imine (C=N–C) groups is 1. The SMILES string of the molecule is C=NCNC1CCC1. The zero-order chi connectivity index (χ0) is 5.82. The van der Waals surface area contributed by atoms with Crippen molar-refractivity contribution in [2.75, 3.05) is 6.67 Å². The van der Waals surface area contributed by atoms with Crippen molar-refractivity contribution in [1.82, 2.24) is 5.32 Å². The lowest BCUT2D eigenvalue weighted by molar-refractivity contribution is 0.345. The molecule has 0 amide bonds. The van der Waals surface area contributed by atoms with E-state index in [-0.39, 0.29) is 0 Å². The quantitative estimate of drug-likeness (QED) is 0.536. The van der Waals surface area contributed by atoms with Crippen molar-refractivity contribution < 1.29 is 0 Å². The summed E-state index contributed by atoms with van der Waals surface area (Å²) in [6.45, 7) is 4.11. The molecule has 0 heterocycles. The van der Waals surface area contributed by atoms with Gasteiger partial charge in [0.25, 0.3) is 0 Å². The third-order valence-electron chi connectivity index (χ3n) is 1.60. The number of nitrogens with one attached hydrogen (secondary N) is 1. The topological polar surface area (TPSA) is 24.4 Å². The summed E-state index contributed by atoms with van der Waals surface area (Å²) in [5.74, 6) is 0. The number of nitrogens with zero attached hydrogens (tertiary/aromatic N) is 1. The molecular weight excluding hydrogens is 100 g/mol. The van der Waals surface area contributed by atoms with Crippen LogP contribution in [0.25, 0.3) is 0 Å². The van der Waals surface area contributed by atoms with Crippen molar-refractivity contribution >= 4 is 6.72 Å². The Hall–Kier alpha value is -0.370. The third-order valence-corrected chi connectivity index (χ3v) is 1.60. The molecule has 1 N–H and O–H groups in total. The lowest BCUT2D eigenvalue weighted by Gasteiger charge is -2.25. The van der Waals surface area contributed by atoms with Gasteiger partial charge in [0.05, 0.1) is 6.67 Å². The zero-order valence-corrected chi connectivity index (χ0v) is 5.06. The summed E-state index contributed by atoms with van der Waals surface area (Å²) in [4.78, 5) is 3.70. The summed E-state index contributed by atoms with van der Waals surface area (Å²) in [6, 6.07) is 0.750. The molecule has 0 atom stereocenters. The van der Waals surface area contributed by atoms with Gasteiger partial charge in [0.2, 0.25) is 0 Å². The van der Waals surface area contributed by atoms with Crippen LogP contribution >= 0.6 is 0 Å². The van der Waals surface area contributed by atoms with Gasteiger partial charge >= 0.3 is 0 Å². The van der Waals surface area contributed by atoms with E-state index in [4.69, 9.17) is 0 Å². The molecule has 1 aliphatic carbocycles. The number of rotatable bonds is 3. The minimum atomic E-state index is 0.727. The van der Waals surface area contributed by atoms with Crippen molar-refractivity contribution in [2.24, 2.45) is 4.99 Å². The Morgan fingerprint density at radius 2 is 2.38 bits per heavy atom. The smallest absolute Gasteiger partial charge is 0.0879 e. The Kier molecular flexibility index (Phi) is 2.03. The van der Waals surface area contributed by atoms with E-state index in [9.17, 15) is 0 Å². The van der Waals surface area contributed by atoms with Gasteiger partial charge in [0, 0.05) is 6.04 Å². The van der Waals surface area contributed by atoms with Crippen molar-refractivity contribution in [3.05, 3.63) is 0 Å². The minimum absolute atomic E-state index is 0.727. The van der Waals surface area contributed by atoms with E-state index >= 15 is 0 Å². The second kappa shape index (κ2) is 2.82. The molecule has 0 aromatic carbocycles. The molecule has 8 heavy (non-hydrogen) atoms. The highest BCUT2D eigenvalue weighted by molar-refractivity contribution is 5.22. The lowest BCUT2D eigenvalue weighted by Crippen LogP contribution is -2.34. The van der Waals surface area contributed by atoms with Crippen LogP contribution in [-0.2, 0) is 0 Å². The van der Waals surface area contributed by atoms with Crippen LogP contribution in [0.4, 0.5) is 0 Å². The van der Waals surface area contributed by atoms with E-state index in [0.717, 1.165) is 12.7 Å². The monoisotopic (exact) mass is 112 g/mol. The molecule has 46 valence electrons. The van der Waals surface area contributed by atoms with Crippen LogP contribution in [0.15, 0.2) is 4.99 Å². The molecule has 2 heteroatoms. The number of hydrogen-bond acceptors (Lipinski definition) is 2. The zero-order valence-electron chi connectivity index (χ0n) is 5.06. The van der Waals surface area contributed by atoms with Crippen LogP contribution in [-0.4, -0.2) is 19.4 Å². The maximum Gasteiger partial charge on any atom is 0.0879 e. The first-order valence-corrected chi connectivity index (χ1v) is 3.09. The molecule has 1 aliphatic rings. The second-order valence-electron chi connectivity index (χ2n) is 2.21. The molecule has 0 bridgehead atoms. The van der Waals surface area contributed by atoms with Crippen LogP contribution in [0.2, 0.25) is 0 Å². The van der Waals surface area contributed by atoms with E-state index in [0.29, 0.717) is 0 Å². The van der Waals surface area contributed by atoms with Crippen LogP contribution < -0.4 is 5.32 Å². The predicted molar refractivity (Wildman–Crippen MR) is 35.2 cm³/mol. The summed E-state index contributed by atoms with van der Waals surface area (Å²) in [5, 5.41) is 3.24. The molecule has 0 aliphatic heterocycles. The van der Waals surface area contributed by atoms with Crippen LogP contribution in [0, 0.1) is 0 Å². The second-order valence-corrected chi connectivity index (χ2v) is 2.21. The summed E-state index contributed by atoms with van der Waals surface area (Å²) < 4.78 is 0. The fraction of sp³-hybridized carbons (Fsp3) is 0.833. The Balaban J connectivity index is 1.93. The first-order chi connectivity index (χ1) is 3.93. The molecule has 0 aromatic rings. The Labute approximate surface area is 50.0 Å². The van der Waals surface area contributed by atoms with Gasteiger partial charge in [-0.25, -0.2) is 0 Å². The summed E-state index contributed by atoms with van der Waals surface area (Å²) in [5.41, 5.74) is 0. The molecule has 0 spiro atoms. The summed E-state index contributed by atoms with van der Waals surface area (Å²) in [6.07, 6.45) is 4.04. The van der Waals surface area contributed by atoms with Gasteiger partial charge in [-0.3, -0.25) is 10.3 Å². The summed E-state index contributed by atoms with van der Waals surface area (Å²) >= 11 is 0. The van der Waals surface area contributed by atoms with E-state index in [2.05, 4.69) is 17.0 Å². The minimum Gasteiger partial charge on any atom is -0.296 e. The van der Waals surface area contributed by atoms with Crippen molar-refractivity contribution in [1.29, 1.82) is 0 Å². The predicted octanol–water partition coefficient (Wildman–Crippen LogP) is 0.787. The highest BCUT2D eigenvalue weighted by Gasteiger charge is 2.14. The number of hydrogen-bond donors (Lipinski definition) is 1. The molecule has 0 unspecified atom stereocenters. The van der Waals surface area contributed by atoms with Gasteiger partial charge in [-0.05, 0) is 19.6 Å².